The maximum absolute atomic E-state index is 13.0. The van der Waals surface area contributed by atoms with Crippen LogP contribution >= 0.6 is 11.3 Å². The van der Waals surface area contributed by atoms with E-state index in [-0.39, 0.29) is 23.8 Å². The van der Waals surface area contributed by atoms with Crippen LogP contribution in [0.25, 0.3) is 10.4 Å². The molecule has 2 aromatic rings. The van der Waals surface area contributed by atoms with Crippen molar-refractivity contribution in [3.63, 3.8) is 0 Å². The van der Waals surface area contributed by atoms with Crippen LogP contribution in [0.5, 0.6) is 0 Å². The van der Waals surface area contributed by atoms with Crippen molar-refractivity contribution in [2.75, 3.05) is 13.2 Å². The molecule has 168 valence electrons. The third-order valence-electron chi connectivity index (χ3n) is 5.86. The Morgan fingerprint density at radius 3 is 2.55 bits per heavy atom. The number of nitrogens with one attached hydrogen (secondary N) is 1. The molecule has 1 aliphatic heterocycles. The van der Waals surface area contributed by atoms with Gasteiger partial charge in [0.2, 0.25) is 11.8 Å². The van der Waals surface area contributed by atoms with Crippen molar-refractivity contribution in [3.05, 3.63) is 41.0 Å². The average Bonchev–Trinajstić information content (AvgIpc) is 3.39. The van der Waals surface area contributed by atoms with Crippen molar-refractivity contribution in [1.82, 2.24) is 15.2 Å². The highest BCUT2D eigenvalue weighted by molar-refractivity contribution is 7.13. The van der Waals surface area contributed by atoms with E-state index in [0.717, 1.165) is 28.1 Å². The number of hydrogen-bond acceptors (Lipinski definition) is 6. The zero-order valence-electron chi connectivity index (χ0n) is 18.6. The summed E-state index contributed by atoms with van der Waals surface area (Å²) in [7, 11) is 0. The molecule has 1 aromatic carbocycles. The van der Waals surface area contributed by atoms with Gasteiger partial charge in [-0.15, -0.1) is 11.3 Å². The summed E-state index contributed by atoms with van der Waals surface area (Å²) < 4.78 is 0. The average molecular weight is 445 g/mol. The highest BCUT2D eigenvalue weighted by atomic mass is 32.1. The SMILES string of the molecule is Cc1ncsc1-c1ccc(C(CO)NC(=O)C2CCCN2C(=O)C(N)C(C)(C)C)cc1. The zero-order chi connectivity index (χ0) is 22.8. The van der Waals surface area contributed by atoms with Gasteiger partial charge in [-0.1, -0.05) is 45.0 Å². The minimum Gasteiger partial charge on any atom is -0.394 e. The van der Waals surface area contributed by atoms with Crippen molar-refractivity contribution >= 4 is 23.2 Å². The second-order valence-corrected chi connectivity index (χ2v) is 10.0. The molecule has 2 heterocycles. The number of rotatable bonds is 6. The molecule has 1 aliphatic rings. The smallest absolute Gasteiger partial charge is 0.243 e. The van der Waals surface area contributed by atoms with E-state index < -0.39 is 18.1 Å². The summed E-state index contributed by atoms with van der Waals surface area (Å²) in [5.41, 5.74) is 10.4. The number of aromatic nitrogens is 1. The minimum atomic E-state index is -0.669. The summed E-state index contributed by atoms with van der Waals surface area (Å²) in [5, 5.41) is 12.8. The quantitative estimate of drug-likeness (QED) is 0.635. The van der Waals surface area contributed by atoms with Crippen molar-refractivity contribution < 1.29 is 14.7 Å². The molecule has 2 amide bonds. The monoisotopic (exact) mass is 444 g/mol. The lowest BCUT2D eigenvalue weighted by atomic mass is 9.86. The number of likely N-dealkylation sites (tertiary alicyclic amines) is 1. The Bertz CT molecular complexity index is 920. The molecule has 1 saturated heterocycles. The van der Waals surface area contributed by atoms with Gasteiger partial charge in [-0.2, -0.15) is 0 Å². The highest BCUT2D eigenvalue weighted by Gasteiger charge is 2.39. The zero-order valence-corrected chi connectivity index (χ0v) is 19.4. The normalized spacial score (nSPS) is 18.6. The number of amides is 2. The van der Waals surface area contributed by atoms with Crippen LogP contribution in [0.1, 0.15) is 50.9 Å². The van der Waals surface area contributed by atoms with Crippen LogP contribution in [0.15, 0.2) is 29.8 Å². The number of hydrogen-bond donors (Lipinski definition) is 3. The number of benzene rings is 1. The molecule has 0 spiro atoms. The first-order chi connectivity index (χ1) is 14.6. The first-order valence-electron chi connectivity index (χ1n) is 10.6. The third-order valence-corrected chi connectivity index (χ3v) is 6.84. The van der Waals surface area contributed by atoms with Gasteiger partial charge in [0.25, 0.3) is 0 Å². The predicted octanol–water partition coefficient (Wildman–Crippen LogP) is 2.63. The van der Waals surface area contributed by atoms with Gasteiger partial charge in [-0.05, 0) is 36.3 Å². The van der Waals surface area contributed by atoms with Gasteiger partial charge < -0.3 is 21.1 Å². The van der Waals surface area contributed by atoms with Crippen LogP contribution in [-0.2, 0) is 9.59 Å². The minimum absolute atomic E-state index is 0.199. The van der Waals surface area contributed by atoms with Gasteiger partial charge in [0.1, 0.15) is 6.04 Å². The van der Waals surface area contributed by atoms with Gasteiger partial charge in [0.05, 0.1) is 34.8 Å². The Balaban J connectivity index is 1.70. The maximum atomic E-state index is 13.0. The van der Waals surface area contributed by atoms with Gasteiger partial charge in [-0.25, -0.2) is 4.98 Å². The number of thiazole rings is 1. The number of aliphatic hydroxyl groups excluding tert-OH is 1. The number of carbonyl (C=O) groups excluding carboxylic acids is 2. The molecular weight excluding hydrogens is 412 g/mol. The van der Waals surface area contributed by atoms with Crippen molar-refractivity contribution in [2.45, 2.75) is 58.7 Å². The van der Waals surface area contributed by atoms with Crippen LogP contribution in [0.4, 0.5) is 0 Å². The van der Waals surface area contributed by atoms with E-state index in [1.807, 2.05) is 57.5 Å². The largest absolute Gasteiger partial charge is 0.394 e. The molecule has 1 fully saturated rings. The fraction of sp³-hybridized carbons (Fsp3) is 0.522. The van der Waals surface area contributed by atoms with E-state index >= 15 is 0 Å². The standard InChI is InChI=1S/C23H32N4O3S/c1-14-19(31-13-25-14)16-9-7-15(8-10-16)17(12-28)26-21(29)18-6-5-11-27(18)22(30)20(24)23(2,3)4/h7-10,13,17-18,20,28H,5-6,11-12,24H2,1-4H3,(H,26,29). The summed E-state index contributed by atoms with van der Waals surface area (Å²) in [6.07, 6.45) is 1.35. The van der Waals surface area contributed by atoms with E-state index in [0.29, 0.717) is 13.0 Å². The Kier molecular flexibility index (Phi) is 7.13. The second kappa shape index (κ2) is 9.46. The van der Waals surface area contributed by atoms with Crippen LogP contribution in [0, 0.1) is 12.3 Å². The molecular formula is C23H32N4O3S. The lowest BCUT2D eigenvalue weighted by molar-refractivity contribution is -0.141. The van der Waals surface area contributed by atoms with Crippen molar-refractivity contribution in [2.24, 2.45) is 11.1 Å². The molecule has 8 heteroatoms. The first-order valence-corrected chi connectivity index (χ1v) is 11.5. The molecule has 4 N–H and O–H groups in total. The number of nitrogens with two attached hydrogens (primary N) is 1. The van der Waals surface area contributed by atoms with E-state index in [4.69, 9.17) is 5.73 Å². The van der Waals surface area contributed by atoms with Gasteiger partial charge >= 0.3 is 0 Å². The van der Waals surface area contributed by atoms with E-state index in [1.54, 1.807) is 16.2 Å². The number of carbonyl (C=O) groups is 2. The van der Waals surface area contributed by atoms with Gasteiger partial charge in [0.15, 0.2) is 0 Å². The Hall–Kier alpha value is -2.29. The van der Waals surface area contributed by atoms with Crippen LogP contribution in [0.2, 0.25) is 0 Å². The molecule has 0 bridgehead atoms. The van der Waals surface area contributed by atoms with Crippen LogP contribution in [-0.4, -0.2) is 52.0 Å². The lowest BCUT2D eigenvalue weighted by Crippen LogP contribution is -2.55. The summed E-state index contributed by atoms with van der Waals surface area (Å²) >= 11 is 1.58. The lowest BCUT2D eigenvalue weighted by Gasteiger charge is -2.33. The summed E-state index contributed by atoms with van der Waals surface area (Å²) in [5.74, 6) is -0.455. The van der Waals surface area contributed by atoms with Gasteiger partial charge in [0, 0.05) is 6.54 Å². The highest BCUT2D eigenvalue weighted by Crippen LogP contribution is 2.29. The first kappa shape index (κ1) is 23.4. The molecule has 3 unspecified atom stereocenters. The fourth-order valence-electron chi connectivity index (χ4n) is 3.80. The Morgan fingerprint density at radius 1 is 1.32 bits per heavy atom. The predicted molar refractivity (Wildman–Crippen MR) is 122 cm³/mol. The molecule has 0 radical (unpaired) electrons. The summed E-state index contributed by atoms with van der Waals surface area (Å²) in [6.45, 7) is 8.01. The van der Waals surface area contributed by atoms with Crippen molar-refractivity contribution in [1.29, 1.82) is 0 Å². The number of aryl methyl sites for hydroxylation is 1. The summed E-state index contributed by atoms with van der Waals surface area (Å²) in [4.78, 5) is 32.9. The third kappa shape index (κ3) is 5.14. The Labute approximate surface area is 187 Å². The maximum Gasteiger partial charge on any atom is 0.243 e. The van der Waals surface area contributed by atoms with Crippen LogP contribution in [0.3, 0.4) is 0 Å². The molecule has 3 atom stereocenters. The van der Waals surface area contributed by atoms with Crippen molar-refractivity contribution in [3.8, 4) is 10.4 Å². The fourth-order valence-corrected chi connectivity index (χ4v) is 4.61. The second-order valence-electron chi connectivity index (χ2n) is 9.17. The summed E-state index contributed by atoms with van der Waals surface area (Å²) in [6, 6.07) is 5.98. The van der Waals surface area contributed by atoms with E-state index in [2.05, 4.69) is 10.3 Å². The molecule has 1 aromatic heterocycles. The molecule has 0 saturated carbocycles. The molecule has 31 heavy (non-hydrogen) atoms. The number of aliphatic hydroxyl groups is 1. The molecule has 7 nitrogen and oxygen atoms in total. The Morgan fingerprint density at radius 2 is 2.00 bits per heavy atom. The topological polar surface area (TPSA) is 109 Å². The molecule has 0 aliphatic carbocycles. The van der Waals surface area contributed by atoms with Crippen LogP contribution < -0.4 is 11.1 Å². The molecule has 3 rings (SSSR count). The number of nitrogens with zero attached hydrogens (tertiary/aromatic N) is 2. The van der Waals surface area contributed by atoms with E-state index in [9.17, 15) is 14.7 Å². The van der Waals surface area contributed by atoms with Gasteiger partial charge in [-0.3, -0.25) is 9.59 Å². The van der Waals surface area contributed by atoms with E-state index in [1.165, 1.54) is 0 Å².